The minimum atomic E-state index is -6.09. The SMILES string of the molecule is O=C1OC(c2ccc3c(c2)OCO3)=CC1=[N+]1CCOCC1.O=S(=O)([O-])C(F)(F)F. The van der Waals surface area contributed by atoms with E-state index in [1.807, 2.05) is 22.8 Å². The summed E-state index contributed by atoms with van der Waals surface area (Å²) >= 11 is 0. The summed E-state index contributed by atoms with van der Waals surface area (Å²) in [4.78, 5) is 12.0. The second kappa shape index (κ2) is 8.00. The lowest BCUT2D eigenvalue weighted by atomic mass is 10.1. The Labute approximate surface area is 162 Å². The summed E-state index contributed by atoms with van der Waals surface area (Å²) in [5.41, 5.74) is -4.26. The maximum absolute atomic E-state index is 12.0. The van der Waals surface area contributed by atoms with E-state index >= 15 is 0 Å². The number of carbonyl (C=O) groups is 1. The van der Waals surface area contributed by atoms with Gasteiger partial charge >= 0.3 is 11.5 Å². The van der Waals surface area contributed by atoms with Crippen LogP contribution in [0.1, 0.15) is 5.56 Å². The first-order valence-corrected chi connectivity index (χ1v) is 9.53. The normalized spacial score (nSPS) is 18.8. The Morgan fingerprint density at radius 1 is 1.07 bits per heavy atom. The van der Waals surface area contributed by atoms with Crippen molar-refractivity contribution in [1.82, 2.24) is 0 Å². The lowest BCUT2D eigenvalue weighted by molar-refractivity contribution is -0.547. The first-order valence-electron chi connectivity index (χ1n) is 8.12. The van der Waals surface area contributed by atoms with Crippen molar-refractivity contribution < 1.29 is 54.5 Å². The predicted octanol–water partition coefficient (Wildman–Crippen LogP) is 0.848. The Morgan fingerprint density at radius 3 is 2.31 bits per heavy atom. The van der Waals surface area contributed by atoms with E-state index in [1.54, 1.807) is 6.08 Å². The molecule has 29 heavy (non-hydrogen) atoms. The summed E-state index contributed by atoms with van der Waals surface area (Å²) in [6, 6.07) is 5.50. The highest BCUT2D eigenvalue weighted by atomic mass is 32.2. The van der Waals surface area contributed by atoms with Gasteiger partial charge in [0.25, 0.3) is 5.71 Å². The molecule has 158 valence electrons. The third kappa shape index (κ3) is 4.86. The molecule has 1 saturated heterocycles. The van der Waals surface area contributed by atoms with Gasteiger partial charge in [-0.05, 0) is 18.2 Å². The number of carbonyl (C=O) groups excluding carboxylic acids is 1. The minimum Gasteiger partial charge on any atom is -0.741 e. The van der Waals surface area contributed by atoms with Crippen molar-refractivity contribution in [1.29, 1.82) is 0 Å². The minimum absolute atomic E-state index is 0.225. The summed E-state index contributed by atoms with van der Waals surface area (Å²) < 4.78 is 82.2. The molecule has 0 aromatic heterocycles. The molecule has 0 unspecified atom stereocenters. The van der Waals surface area contributed by atoms with Gasteiger partial charge < -0.3 is 23.5 Å². The molecule has 1 aromatic carbocycles. The number of fused-ring (bicyclic) bond motifs is 1. The van der Waals surface area contributed by atoms with E-state index in [9.17, 15) is 18.0 Å². The summed E-state index contributed by atoms with van der Waals surface area (Å²) in [6.45, 7) is 2.89. The van der Waals surface area contributed by atoms with Crippen LogP contribution in [0.5, 0.6) is 11.5 Å². The molecule has 0 atom stereocenters. The zero-order valence-electron chi connectivity index (χ0n) is 14.6. The Morgan fingerprint density at radius 2 is 1.69 bits per heavy atom. The summed E-state index contributed by atoms with van der Waals surface area (Å²) in [5.74, 6) is 1.61. The number of hydrogen-bond acceptors (Lipinski definition) is 8. The molecule has 4 rings (SSSR count). The average Bonchev–Trinajstić information content (AvgIpc) is 3.27. The highest BCUT2D eigenvalue weighted by Crippen LogP contribution is 2.35. The average molecular weight is 437 g/mol. The van der Waals surface area contributed by atoms with E-state index in [0.29, 0.717) is 49.3 Å². The molecule has 3 heterocycles. The van der Waals surface area contributed by atoms with Crippen molar-refractivity contribution in [2.45, 2.75) is 5.51 Å². The van der Waals surface area contributed by atoms with Crippen LogP contribution >= 0.6 is 0 Å². The van der Waals surface area contributed by atoms with E-state index in [1.165, 1.54) is 0 Å². The smallest absolute Gasteiger partial charge is 0.485 e. The van der Waals surface area contributed by atoms with E-state index < -0.39 is 15.6 Å². The molecule has 1 aromatic rings. The van der Waals surface area contributed by atoms with E-state index in [4.69, 9.17) is 31.9 Å². The number of nitrogens with zero attached hydrogens (tertiary/aromatic N) is 1. The highest BCUT2D eigenvalue weighted by Gasteiger charge is 2.37. The van der Waals surface area contributed by atoms with Gasteiger partial charge in [-0.3, -0.25) is 0 Å². The Kier molecular flexibility index (Phi) is 5.82. The third-order valence-corrected chi connectivity index (χ3v) is 4.54. The zero-order valence-corrected chi connectivity index (χ0v) is 15.4. The monoisotopic (exact) mass is 437 g/mol. The van der Waals surface area contributed by atoms with Crippen LogP contribution in [-0.4, -0.2) is 67.8 Å². The summed E-state index contributed by atoms with van der Waals surface area (Å²) in [5, 5.41) is 0. The molecule has 0 saturated carbocycles. The second-order valence-electron chi connectivity index (χ2n) is 5.85. The fraction of sp³-hybridized carbons (Fsp3) is 0.375. The van der Waals surface area contributed by atoms with Crippen molar-refractivity contribution >= 4 is 27.6 Å². The van der Waals surface area contributed by atoms with E-state index in [-0.39, 0.29) is 12.8 Å². The number of esters is 1. The molecule has 3 aliphatic rings. The van der Waals surface area contributed by atoms with Gasteiger partial charge in [-0.15, -0.1) is 0 Å². The van der Waals surface area contributed by atoms with Gasteiger partial charge in [0.05, 0.1) is 6.08 Å². The van der Waals surface area contributed by atoms with Crippen LogP contribution in [0, 0.1) is 0 Å². The number of halogens is 3. The van der Waals surface area contributed by atoms with Crippen molar-refractivity contribution in [3.63, 3.8) is 0 Å². The van der Waals surface area contributed by atoms with Crippen molar-refractivity contribution in [3.05, 3.63) is 29.8 Å². The number of cyclic esters (lactones) is 1. The maximum atomic E-state index is 12.0. The molecule has 13 heteroatoms. The second-order valence-corrected chi connectivity index (χ2v) is 7.22. The van der Waals surface area contributed by atoms with Crippen LogP contribution < -0.4 is 9.47 Å². The molecule has 0 N–H and O–H groups in total. The fourth-order valence-corrected chi connectivity index (χ4v) is 2.58. The fourth-order valence-electron chi connectivity index (χ4n) is 2.58. The molecule has 9 nitrogen and oxygen atoms in total. The van der Waals surface area contributed by atoms with Gasteiger partial charge in [-0.1, -0.05) is 0 Å². The molecule has 0 aliphatic carbocycles. The molecular formula is C16H14F3NO8S. The first kappa shape index (κ1) is 21.1. The van der Waals surface area contributed by atoms with Crippen molar-refractivity contribution in [2.75, 3.05) is 33.1 Å². The largest absolute Gasteiger partial charge is 0.741 e. The highest BCUT2D eigenvalue weighted by molar-refractivity contribution is 7.86. The Balaban J connectivity index is 0.000000258. The number of hydrogen-bond donors (Lipinski definition) is 0. The Hall–Kier alpha value is -2.64. The van der Waals surface area contributed by atoms with Crippen molar-refractivity contribution in [3.8, 4) is 11.5 Å². The van der Waals surface area contributed by atoms with Crippen LogP contribution in [0.15, 0.2) is 24.3 Å². The topological polar surface area (TPSA) is 114 Å². The lowest BCUT2D eigenvalue weighted by Crippen LogP contribution is -2.34. The number of ether oxygens (including phenoxy) is 4. The molecule has 0 bridgehead atoms. The summed E-state index contributed by atoms with van der Waals surface area (Å²) in [6.07, 6.45) is 1.78. The molecule has 1 fully saturated rings. The van der Waals surface area contributed by atoms with E-state index in [0.717, 1.165) is 5.56 Å². The van der Waals surface area contributed by atoms with Gasteiger partial charge in [0.1, 0.15) is 19.0 Å². The molecule has 0 radical (unpaired) electrons. The maximum Gasteiger partial charge on any atom is 0.485 e. The molecule has 0 spiro atoms. The van der Waals surface area contributed by atoms with Gasteiger partial charge in [-0.25, -0.2) is 17.8 Å². The Bertz CT molecular complexity index is 976. The van der Waals surface area contributed by atoms with E-state index in [2.05, 4.69) is 0 Å². The lowest BCUT2D eigenvalue weighted by Gasteiger charge is -2.10. The first-order chi connectivity index (χ1) is 13.6. The number of alkyl halides is 3. The van der Waals surface area contributed by atoms with Gasteiger partial charge in [0.2, 0.25) is 6.79 Å². The standard InChI is InChI=1S/C15H14NO5.CHF3O3S/c17-15-11(16-3-5-18-6-4-16)8-13(21-15)10-1-2-12-14(7-10)20-9-19-12;2-1(3,4)8(5,6)7/h1-2,7-8H,3-6,9H2;(H,5,6,7)/q+1;/p-1. The van der Waals surface area contributed by atoms with Crippen LogP contribution in [0.3, 0.4) is 0 Å². The summed E-state index contributed by atoms with van der Waals surface area (Å²) in [7, 11) is -6.09. The number of benzene rings is 1. The molecule has 3 aliphatic heterocycles. The van der Waals surface area contributed by atoms with Crippen LogP contribution in [0.2, 0.25) is 0 Å². The van der Waals surface area contributed by atoms with Gasteiger partial charge in [0, 0.05) is 5.56 Å². The zero-order chi connectivity index (χ0) is 21.2. The number of morpholine rings is 1. The molecular weight excluding hydrogens is 423 g/mol. The van der Waals surface area contributed by atoms with Crippen LogP contribution in [0.25, 0.3) is 5.76 Å². The van der Waals surface area contributed by atoms with Crippen LogP contribution in [-0.2, 0) is 24.4 Å². The third-order valence-electron chi connectivity index (χ3n) is 3.97. The quantitative estimate of drug-likeness (QED) is 0.275. The van der Waals surface area contributed by atoms with Gasteiger partial charge in [-0.2, -0.15) is 13.2 Å². The predicted molar refractivity (Wildman–Crippen MR) is 88.2 cm³/mol. The molecule has 0 amide bonds. The van der Waals surface area contributed by atoms with Gasteiger partial charge in [0.15, 0.2) is 34.7 Å². The number of rotatable bonds is 1. The van der Waals surface area contributed by atoms with Crippen LogP contribution in [0.4, 0.5) is 13.2 Å². The van der Waals surface area contributed by atoms with Crippen molar-refractivity contribution in [2.24, 2.45) is 0 Å².